The number of aromatic nitrogens is 2. The number of fused-ring (bicyclic) bond motifs is 5. The van der Waals surface area contributed by atoms with Gasteiger partial charge in [-0.05, 0) is 135 Å². The van der Waals surface area contributed by atoms with Crippen molar-refractivity contribution < 1.29 is 0 Å². The number of aryl methyl sites for hydroxylation is 1. The number of allylic oxidation sites excluding steroid dienone is 1. The molecule has 0 saturated heterocycles. The zero-order valence-electron chi connectivity index (χ0n) is 33.7. The predicted octanol–water partition coefficient (Wildman–Crippen LogP) is 15.9. The van der Waals surface area contributed by atoms with Gasteiger partial charge in [0.2, 0.25) is 0 Å². The van der Waals surface area contributed by atoms with Gasteiger partial charge in [0.05, 0.1) is 16.6 Å². The van der Waals surface area contributed by atoms with E-state index < -0.39 is 0 Å². The highest BCUT2D eigenvalue weighted by molar-refractivity contribution is 6.11. The third-order valence-corrected chi connectivity index (χ3v) is 12.3. The maximum absolute atomic E-state index is 2.37. The number of rotatable bonds is 7. The van der Waals surface area contributed by atoms with Crippen LogP contribution in [0.4, 0.5) is 0 Å². The van der Waals surface area contributed by atoms with Crippen LogP contribution < -0.4 is 0 Å². The van der Waals surface area contributed by atoms with Gasteiger partial charge in [-0.15, -0.1) is 0 Å². The van der Waals surface area contributed by atoms with Crippen LogP contribution in [0.2, 0.25) is 0 Å². The second-order valence-electron chi connectivity index (χ2n) is 15.7. The second-order valence-corrected chi connectivity index (χ2v) is 15.7. The zero-order valence-corrected chi connectivity index (χ0v) is 33.7. The Morgan fingerprint density at radius 1 is 0.367 bits per heavy atom. The van der Waals surface area contributed by atoms with Crippen molar-refractivity contribution in [3.8, 4) is 55.9 Å². The lowest BCUT2D eigenvalue weighted by Gasteiger charge is -2.14. The molecule has 0 fully saturated rings. The molecule has 0 aliphatic carbocycles. The molecule has 284 valence electrons. The molecule has 0 aliphatic rings. The Labute approximate surface area is 350 Å². The molecule has 0 aliphatic heterocycles. The van der Waals surface area contributed by atoms with E-state index in [1.165, 1.54) is 111 Å². The average Bonchev–Trinajstić information content (AvgIpc) is 3.79. The smallest absolute Gasteiger partial charge is 0.0541 e. The highest BCUT2D eigenvalue weighted by Crippen LogP contribution is 2.40. The Morgan fingerprint density at radius 3 is 1.42 bits per heavy atom. The fourth-order valence-corrected chi connectivity index (χ4v) is 9.37. The van der Waals surface area contributed by atoms with Crippen molar-refractivity contribution in [3.63, 3.8) is 0 Å². The summed E-state index contributed by atoms with van der Waals surface area (Å²) in [6, 6.07) is 75.4. The van der Waals surface area contributed by atoms with Crippen molar-refractivity contribution in [3.05, 3.63) is 224 Å². The molecule has 60 heavy (non-hydrogen) atoms. The number of hydrogen-bond acceptors (Lipinski definition) is 0. The van der Waals surface area contributed by atoms with Crippen molar-refractivity contribution in [1.82, 2.24) is 9.13 Å². The minimum Gasteiger partial charge on any atom is -0.310 e. The second kappa shape index (κ2) is 14.6. The van der Waals surface area contributed by atoms with Crippen LogP contribution in [0.25, 0.3) is 105 Å². The molecule has 0 atom stereocenters. The molecule has 2 heteroatoms. The molecule has 0 N–H and O–H groups in total. The van der Waals surface area contributed by atoms with Gasteiger partial charge in [0.15, 0.2) is 0 Å². The first-order chi connectivity index (χ1) is 29.6. The fourth-order valence-electron chi connectivity index (χ4n) is 9.37. The standard InChI is InChI=1S/C58H42N2/c1-3-14-54-39(2)52-37-45(33-35-56(52)59(54)47-17-6-4-7-18-47)40-25-29-42(30-26-40)49-22-12-15-44-16-13-23-50(58(44)49)43-31-27-41(28-32-43)46-34-36-57-53(38-46)51-21-10-11-24-55(51)60(57)48-19-8-5-9-20-48/h3-38H,1-2H3/b14-3-. The lowest BCUT2D eigenvalue weighted by Crippen LogP contribution is -1.96. The topological polar surface area (TPSA) is 9.86 Å². The summed E-state index contributed by atoms with van der Waals surface area (Å²) in [5, 5.41) is 6.30. The molecule has 0 unspecified atom stereocenters. The third kappa shape index (κ3) is 5.88. The Kier molecular flexibility index (Phi) is 8.64. The van der Waals surface area contributed by atoms with Gasteiger partial charge in [-0.1, -0.05) is 158 Å². The van der Waals surface area contributed by atoms with E-state index >= 15 is 0 Å². The summed E-state index contributed by atoms with van der Waals surface area (Å²) < 4.78 is 4.74. The van der Waals surface area contributed by atoms with Crippen LogP contribution in [0, 0.1) is 6.92 Å². The van der Waals surface area contributed by atoms with Crippen LogP contribution in [0.3, 0.4) is 0 Å². The normalized spacial score (nSPS) is 11.8. The molecule has 0 amide bonds. The fraction of sp³-hybridized carbons (Fsp3) is 0.0345. The highest BCUT2D eigenvalue weighted by Gasteiger charge is 2.17. The Hall–Kier alpha value is -7.68. The molecular weight excluding hydrogens is 725 g/mol. The number of hydrogen-bond donors (Lipinski definition) is 0. The van der Waals surface area contributed by atoms with Crippen LogP contribution in [-0.4, -0.2) is 9.13 Å². The van der Waals surface area contributed by atoms with Crippen LogP contribution in [-0.2, 0) is 0 Å². The van der Waals surface area contributed by atoms with E-state index in [2.05, 4.69) is 241 Å². The molecule has 2 heterocycles. The summed E-state index contributed by atoms with van der Waals surface area (Å²) in [6.07, 6.45) is 4.35. The molecule has 0 radical (unpaired) electrons. The largest absolute Gasteiger partial charge is 0.310 e. The maximum atomic E-state index is 2.37. The predicted molar refractivity (Wildman–Crippen MR) is 256 cm³/mol. The van der Waals surface area contributed by atoms with E-state index in [0.29, 0.717) is 0 Å². The minimum atomic E-state index is 1.17. The van der Waals surface area contributed by atoms with Crippen molar-refractivity contribution in [1.29, 1.82) is 0 Å². The summed E-state index contributed by atoms with van der Waals surface area (Å²) in [6.45, 7) is 4.32. The van der Waals surface area contributed by atoms with E-state index in [1.807, 2.05) is 0 Å². The van der Waals surface area contributed by atoms with Gasteiger partial charge in [-0.25, -0.2) is 0 Å². The molecule has 11 aromatic rings. The molecule has 9 aromatic carbocycles. The minimum absolute atomic E-state index is 1.17. The van der Waals surface area contributed by atoms with E-state index in [1.54, 1.807) is 0 Å². The van der Waals surface area contributed by atoms with Gasteiger partial charge < -0.3 is 9.13 Å². The first-order valence-electron chi connectivity index (χ1n) is 20.8. The molecular formula is C58H42N2. The summed E-state index contributed by atoms with van der Waals surface area (Å²) >= 11 is 0. The van der Waals surface area contributed by atoms with Crippen LogP contribution in [0.5, 0.6) is 0 Å². The molecule has 0 saturated carbocycles. The summed E-state index contributed by atoms with van der Waals surface area (Å²) in [7, 11) is 0. The quantitative estimate of drug-likeness (QED) is 0.153. The van der Waals surface area contributed by atoms with E-state index in [9.17, 15) is 0 Å². The third-order valence-electron chi connectivity index (χ3n) is 12.3. The molecule has 2 nitrogen and oxygen atoms in total. The van der Waals surface area contributed by atoms with E-state index in [-0.39, 0.29) is 0 Å². The van der Waals surface area contributed by atoms with Crippen LogP contribution in [0.1, 0.15) is 18.2 Å². The van der Waals surface area contributed by atoms with Crippen LogP contribution >= 0.6 is 0 Å². The number of benzene rings is 9. The number of para-hydroxylation sites is 3. The van der Waals surface area contributed by atoms with Crippen molar-refractivity contribution in [2.45, 2.75) is 13.8 Å². The van der Waals surface area contributed by atoms with Gasteiger partial charge in [0.25, 0.3) is 0 Å². The zero-order chi connectivity index (χ0) is 40.2. The summed E-state index contributed by atoms with van der Waals surface area (Å²) in [4.78, 5) is 0. The molecule has 2 aromatic heterocycles. The lowest BCUT2D eigenvalue weighted by molar-refractivity contribution is 1.10. The molecule has 0 spiro atoms. The first kappa shape index (κ1) is 35.5. The lowest BCUT2D eigenvalue weighted by atomic mass is 9.90. The van der Waals surface area contributed by atoms with Crippen molar-refractivity contribution in [2.75, 3.05) is 0 Å². The van der Waals surface area contributed by atoms with Crippen LogP contribution in [0.15, 0.2) is 212 Å². The Balaban J connectivity index is 0.937. The van der Waals surface area contributed by atoms with Gasteiger partial charge in [0.1, 0.15) is 0 Å². The molecule has 11 rings (SSSR count). The summed E-state index contributed by atoms with van der Waals surface area (Å²) in [5.74, 6) is 0. The first-order valence-corrected chi connectivity index (χ1v) is 20.8. The van der Waals surface area contributed by atoms with E-state index in [4.69, 9.17) is 0 Å². The Morgan fingerprint density at radius 2 is 0.833 bits per heavy atom. The van der Waals surface area contributed by atoms with Gasteiger partial charge >= 0.3 is 0 Å². The van der Waals surface area contributed by atoms with Gasteiger partial charge in [0, 0.05) is 33.2 Å². The SMILES string of the molecule is C/C=C\c1c(C)c2cc(-c3ccc(-c4cccc5cccc(-c6ccc(-c7ccc8c(c7)c7ccccc7n8-c7ccccc7)cc6)c45)cc3)ccc2n1-c1ccccc1. The monoisotopic (exact) mass is 766 g/mol. The van der Waals surface area contributed by atoms with Crippen molar-refractivity contribution >= 4 is 49.6 Å². The highest BCUT2D eigenvalue weighted by atomic mass is 15.0. The van der Waals surface area contributed by atoms with Crippen molar-refractivity contribution in [2.24, 2.45) is 0 Å². The van der Waals surface area contributed by atoms with Gasteiger partial charge in [-0.2, -0.15) is 0 Å². The van der Waals surface area contributed by atoms with Gasteiger partial charge in [-0.3, -0.25) is 0 Å². The van der Waals surface area contributed by atoms with E-state index in [0.717, 1.165) is 0 Å². The maximum Gasteiger partial charge on any atom is 0.0541 e. The summed E-state index contributed by atoms with van der Waals surface area (Å²) in [5.41, 5.74) is 18.2. The number of nitrogens with zero attached hydrogens (tertiary/aromatic N) is 2. The average molecular weight is 767 g/mol. The molecule has 0 bridgehead atoms. The Bertz CT molecular complexity index is 3390.